The summed E-state index contributed by atoms with van der Waals surface area (Å²) in [7, 11) is 0. The maximum Gasteiger partial charge on any atom is 0.311 e. The molecule has 0 aliphatic heterocycles. The zero-order valence-corrected chi connectivity index (χ0v) is 9.35. The summed E-state index contributed by atoms with van der Waals surface area (Å²) in [6.07, 6.45) is 4.04. The minimum Gasteiger partial charge on any atom is -0.465 e. The topological polar surface area (TPSA) is 26.3 Å². The number of hydrogen-bond donors (Lipinski definition) is 0. The Hall–Kier alpha value is -0.530. The third-order valence-electron chi connectivity index (χ3n) is 2.15. The van der Waals surface area contributed by atoms with Crippen LogP contribution in [0.3, 0.4) is 0 Å². The number of carbonyl (C=O) groups excluding carboxylic acids is 1. The lowest BCUT2D eigenvalue weighted by molar-refractivity contribution is -0.154. The van der Waals surface area contributed by atoms with Crippen molar-refractivity contribution in [2.45, 2.75) is 53.4 Å². The molecule has 0 bridgehead atoms. The summed E-state index contributed by atoms with van der Waals surface area (Å²) in [6.45, 7) is 8.61. The van der Waals surface area contributed by atoms with Gasteiger partial charge in [-0.25, -0.2) is 0 Å². The van der Waals surface area contributed by atoms with E-state index in [1.165, 1.54) is 0 Å². The maximum absolute atomic E-state index is 11.5. The highest BCUT2D eigenvalue weighted by Gasteiger charge is 2.28. The van der Waals surface area contributed by atoms with Crippen molar-refractivity contribution in [2.75, 3.05) is 6.61 Å². The Morgan fingerprint density at radius 2 is 1.85 bits per heavy atom. The van der Waals surface area contributed by atoms with Crippen molar-refractivity contribution >= 4 is 5.97 Å². The fourth-order valence-electron chi connectivity index (χ4n) is 1.11. The summed E-state index contributed by atoms with van der Waals surface area (Å²) in [5.74, 6) is -0.0530. The van der Waals surface area contributed by atoms with E-state index in [4.69, 9.17) is 4.74 Å². The summed E-state index contributed by atoms with van der Waals surface area (Å²) in [4.78, 5) is 11.5. The monoisotopic (exact) mass is 186 g/mol. The summed E-state index contributed by atoms with van der Waals surface area (Å²) in [5.41, 5.74) is -0.300. The Labute approximate surface area is 81.7 Å². The summed E-state index contributed by atoms with van der Waals surface area (Å²) in [5, 5.41) is 0. The van der Waals surface area contributed by atoms with Gasteiger partial charge in [0.2, 0.25) is 0 Å². The molecule has 0 fully saturated rings. The molecule has 0 radical (unpaired) electrons. The van der Waals surface area contributed by atoms with Crippen molar-refractivity contribution in [3.05, 3.63) is 0 Å². The van der Waals surface area contributed by atoms with E-state index in [0.717, 1.165) is 25.7 Å². The molecule has 0 saturated carbocycles. The first-order chi connectivity index (χ1) is 6.04. The van der Waals surface area contributed by atoms with Crippen LogP contribution in [0.1, 0.15) is 53.4 Å². The standard InChI is InChI=1S/C11H22O2/c1-5-7-8-11(3,4)10(12)13-9-6-2/h5-9H2,1-4H3. The van der Waals surface area contributed by atoms with Gasteiger partial charge < -0.3 is 4.74 Å². The van der Waals surface area contributed by atoms with Crippen molar-refractivity contribution in [1.29, 1.82) is 0 Å². The van der Waals surface area contributed by atoms with E-state index in [1.54, 1.807) is 0 Å². The van der Waals surface area contributed by atoms with Gasteiger partial charge in [0.1, 0.15) is 0 Å². The first-order valence-corrected chi connectivity index (χ1v) is 5.21. The van der Waals surface area contributed by atoms with E-state index in [2.05, 4.69) is 6.92 Å². The highest BCUT2D eigenvalue weighted by Crippen LogP contribution is 2.24. The van der Waals surface area contributed by atoms with Gasteiger partial charge in [0.25, 0.3) is 0 Å². The van der Waals surface area contributed by atoms with Crippen LogP contribution < -0.4 is 0 Å². The lowest BCUT2D eigenvalue weighted by Crippen LogP contribution is -2.26. The quantitative estimate of drug-likeness (QED) is 0.596. The molecule has 0 saturated heterocycles. The zero-order chi connectivity index (χ0) is 10.3. The molecular formula is C11H22O2. The first-order valence-electron chi connectivity index (χ1n) is 5.21. The van der Waals surface area contributed by atoms with Gasteiger partial charge in [-0.3, -0.25) is 4.79 Å². The van der Waals surface area contributed by atoms with Crippen molar-refractivity contribution < 1.29 is 9.53 Å². The molecule has 0 amide bonds. The largest absolute Gasteiger partial charge is 0.465 e. The number of ether oxygens (including phenoxy) is 1. The Bertz CT molecular complexity index is 150. The van der Waals surface area contributed by atoms with Crippen LogP contribution in [-0.2, 0) is 9.53 Å². The Kier molecular flexibility index (Phi) is 5.76. The van der Waals surface area contributed by atoms with Crippen molar-refractivity contribution in [3.8, 4) is 0 Å². The Morgan fingerprint density at radius 1 is 1.23 bits per heavy atom. The number of carbonyl (C=O) groups is 1. The minimum absolute atomic E-state index is 0.0530. The molecular weight excluding hydrogens is 164 g/mol. The molecule has 0 spiro atoms. The number of rotatable bonds is 6. The van der Waals surface area contributed by atoms with E-state index >= 15 is 0 Å². The average molecular weight is 186 g/mol. The van der Waals surface area contributed by atoms with Gasteiger partial charge in [-0.1, -0.05) is 26.7 Å². The Balaban J connectivity index is 3.87. The van der Waals surface area contributed by atoms with Crippen molar-refractivity contribution in [3.63, 3.8) is 0 Å². The second-order valence-electron chi connectivity index (χ2n) is 4.12. The lowest BCUT2D eigenvalue weighted by atomic mass is 9.87. The van der Waals surface area contributed by atoms with Crippen LogP contribution in [0.2, 0.25) is 0 Å². The van der Waals surface area contributed by atoms with E-state index in [0.29, 0.717) is 6.61 Å². The number of hydrogen-bond acceptors (Lipinski definition) is 2. The third-order valence-corrected chi connectivity index (χ3v) is 2.15. The van der Waals surface area contributed by atoms with Crippen LogP contribution in [-0.4, -0.2) is 12.6 Å². The highest BCUT2D eigenvalue weighted by atomic mass is 16.5. The second-order valence-corrected chi connectivity index (χ2v) is 4.12. The fourth-order valence-corrected chi connectivity index (χ4v) is 1.11. The van der Waals surface area contributed by atoms with Crippen molar-refractivity contribution in [2.24, 2.45) is 5.41 Å². The SMILES string of the molecule is CCCCC(C)(C)C(=O)OCCC. The fraction of sp³-hybridized carbons (Fsp3) is 0.909. The summed E-state index contributed by atoms with van der Waals surface area (Å²) in [6, 6.07) is 0. The summed E-state index contributed by atoms with van der Waals surface area (Å²) >= 11 is 0. The molecule has 0 N–H and O–H groups in total. The molecule has 2 heteroatoms. The smallest absolute Gasteiger partial charge is 0.311 e. The molecule has 0 rings (SSSR count). The van der Waals surface area contributed by atoms with Crippen LogP contribution in [0.5, 0.6) is 0 Å². The van der Waals surface area contributed by atoms with Gasteiger partial charge in [0.05, 0.1) is 12.0 Å². The molecule has 0 aliphatic carbocycles. The molecule has 0 aromatic carbocycles. The number of unbranched alkanes of at least 4 members (excludes halogenated alkanes) is 1. The molecule has 0 aromatic rings. The summed E-state index contributed by atoms with van der Waals surface area (Å²) < 4.78 is 5.11. The van der Waals surface area contributed by atoms with Crippen LogP contribution in [0.4, 0.5) is 0 Å². The molecule has 0 aromatic heterocycles. The Morgan fingerprint density at radius 3 is 2.31 bits per heavy atom. The van der Waals surface area contributed by atoms with Gasteiger partial charge in [-0.05, 0) is 26.7 Å². The first kappa shape index (κ1) is 12.5. The molecule has 0 atom stereocenters. The third kappa shape index (κ3) is 4.91. The molecule has 0 aliphatic rings. The maximum atomic E-state index is 11.5. The molecule has 78 valence electrons. The predicted octanol–water partition coefficient (Wildman–Crippen LogP) is 3.16. The van der Waals surface area contributed by atoms with Crippen LogP contribution in [0.25, 0.3) is 0 Å². The normalized spacial score (nSPS) is 11.4. The predicted molar refractivity (Wildman–Crippen MR) is 54.6 cm³/mol. The van der Waals surface area contributed by atoms with E-state index < -0.39 is 0 Å². The van der Waals surface area contributed by atoms with Gasteiger partial charge in [0, 0.05) is 0 Å². The molecule has 13 heavy (non-hydrogen) atoms. The highest BCUT2D eigenvalue weighted by molar-refractivity contribution is 5.75. The second kappa shape index (κ2) is 6.01. The lowest BCUT2D eigenvalue weighted by Gasteiger charge is -2.21. The van der Waals surface area contributed by atoms with Gasteiger partial charge in [-0.15, -0.1) is 0 Å². The number of esters is 1. The van der Waals surface area contributed by atoms with E-state index in [9.17, 15) is 4.79 Å². The van der Waals surface area contributed by atoms with Crippen LogP contribution >= 0.6 is 0 Å². The molecule has 0 unspecified atom stereocenters. The zero-order valence-electron chi connectivity index (χ0n) is 9.35. The van der Waals surface area contributed by atoms with E-state index in [-0.39, 0.29) is 11.4 Å². The van der Waals surface area contributed by atoms with E-state index in [1.807, 2.05) is 20.8 Å². The van der Waals surface area contributed by atoms with Gasteiger partial charge >= 0.3 is 5.97 Å². The average Bonchev–Trinajstić information content (AvgIpc) is 2.10. The van der Waals surface area contributed by atoms with Gasteiger partial charge in [-0.2, -0.15) is 0 Å². The molecule has 0 heterocycles. The minimum atomic E-state index is -0.300. The van der Waals surface area contributed by atoms with Crippen LogP contribution in [0, 0.1) is 5.41 Å². The molecule has 2 nitrogen and oxygen atoms in total. The van der Waals surface area contributed by atoms with Crippen LogP contribution in [0.15, 0.2) is 0 Å². The van der Waals surface area contributed by atoms with Crippen molar-refractivity contribution in [1.82, 2.24) is 0 Å². The van der Waals surface area contributed by atoms with Gasteiger partial charge in [0.15, 0.2) is 0 Å².